The maximum absolute atomic E-state index is 5.69. The maximum Gasteiger partial charge on any atom is 0.0629 e. The van der Waals surface area contributed by atoms with Crippen LogP contribution in [0.4, 0.5) is 0 Å². The van der Waals surface area contributed by atoms with Crippen molar-refractivity contribution < 1.29 is 9.47 Å². The Hall–Kier alpha value is -0.0800. The summed E-state index contributed by atoms with van der Waals surface area (Å²) in [6, 6.07) is 0. The highest BCUT2D eigenvalue weighted by molar-refractivity contribution is 4.82. The average Bonchev–Trinajstić information content (AvgIpc) is 3.48. The summed E-state index contributed by atoms with van der Waals surface area (Å²) >= 11 is 0. The van der Waals surface area contributed by atoms with Crippen LogP contribution >= 0.6 is 0 Å². The lowest BCUT2D eigenvalue weighted by Gasteiger charge is -2.26. The predicted molar refractivity (Wildman–Crippen MR) is 159 cm³/mol. The van der Waals surface area contributed by atoms with Crippen molar-refractivity contribution in [1.29, 1.82) is 0 Å². The molecule has 6 atom stereocenters. The van der Waals surface area contributed by atoms with Gasteiger partial charge in [-0.1, -0.05) is 104 Å². The predicted octanol–water partition coefficient (Wildman–Crippen LogP) is 10.3. The lowest BCUT2D eigenvalue weighted by molar-refractivity contribution is 0.0435. The van der Waals surface area contributed by atoms with E-state index in [4.69, 9.17) is 9.47 Å². The molecule has 0 aromatic heterocycles. The summed E-state index contributed by atoms with van der Waals surface area (Å²) in [6.45, 7) is 30.8. The van der Waals surface area contributed by atoms with Gasteiger partial charge in [0.25, 0.3) is 0 Å². The second-order valence-electron chi connectivity index (χ2n) is 13.4. The van der Waals surface area contributed by atoms with Gasteiger partial charge in [0.2, 0.25) is 0 Å². The van der Waals surface area contributed by atoms with Gasteiger partial charge in [-0.25, -0.2) is 0 Å². The Morgan fingerprint density at radius 2 is 0.829 bits per heavy atom. The number of hydrogen-bond donors (Lipinski definition) is 0. The maximum atomic E-state index is 5.69. The molecule has 35 heavy (non-hydrogen) atoms. The van der Waals surface area contributed by atoms with Crippen LogP contribution in [0.1, 0.15) is 124 Å². The first-order valence-electron chi connectivity index (χ1n) is 14.6. The van der Waals surface area contributed by atoms with Crippen molar-refractivity contribution in [3.8, 4) is 0 Å². The Morgan fingerprint density at radius 1 is 0.457 bits per heavy atom. The van der Waals surface area contributed by atoms with Crippen LogP contribution in [-0.2, 0) is 9.47 Å². The molecule has 2 saturated heterocycles. The van der Waals surface area contributed by atoms with Gasteiger partial charge in [-0.05, 0) is 84.4 Å². The van der Waals surface area contributed by atoms with Gasteiger partial charge in [-0.3, -0.25) is 0 Å². The molecule has 2 aliphatic heterocycles. The fourth-order valence-electron chi connectivity index (χ4n) is 6.66. The van der Waals surface area contributed by atoms with E-state index in [0.717, 1.165) is 79.0 Å². The quantitative estimate of drug-likeness (QED) is 0.362. The molecule has 214 valence electrons. The first kappa shape index (κ1) is 37.1. The van der Waals surface area contributed by atoms with Gasteiger partial charge in [0.05, 0.1) is 6.10 Å². The summed E-state index contributed by atoms with van der Waals surface area (Å²) < 4.78 is 11.2. The van der Waals surface area contributed by atoms with Crippen LogP contribution in [0.5, 0.6) is 0 Å². The van der Waals surface area contributed by atoms with Gasteiger partial charge in [0.1, 0.15) is 0 Å². The van der Waals surface area contributed by atoms with Gasteiger partial charge in [0, 0.05) is 19.8 Å². The van der Waals surface area contributed by atoms with Gasteiger partial charge in [0.15, 0.2) is 0 Å². The van der Waals surface area contributed by atoms with Crippen LogP contribution in [0.3, 0.4) is 0 Å². The molecule has 1 aliphatic carbocycles. The van der Waals surface area contributed by atoms with Crippen molar-refractivity contribution in [3.05, 3.63) is 0 Å². The van der Waals surface area contributed by atoms with Crippen molar-refractivity contribution >= 4 is 0 Å². The molecule has 0 bridgehead atoms. The molecular formula is C33H70O2. The molecule has 3 fully saturated rings. The third-order valence-electron chi connectivity index (χ3n) is 8.92. The van der Waals surface area contributed by atoms with Crippen LogP contribution in [0.15, 0.2) is 0 Å². The Bertz CT molecular complexity index is 380. The summed E-state index contributed by atoms with van der Waals surface area (Å²) in [6.07, 6.45) is 6.24. The zero-order valence-electron chi connectivity index (χ0n) is 24.7. The van der Waals surface area contributed by atoms with Crippen molar-refractivity contribution in [2.45, 2.75) is 130 Å². The minimum atomic E-state index is 0. The molecule has 3 aliphatic rings. The molecule has 2 heterocycles. The molecule has 2 heteroatoms. The molecule has 1 saturated carbocycles. The highest BCUT2D eigenvalue weighted by Crippen LogP contribution is 2.40. The van der Waals surface area contributed by atoms with Crippen molar-refractivity contribution in [2.24, 2.45) is 65.1 Å². The fourth-order valence-corrected chi connectivity index (χ4v) is 6.66. The van der Waals surface area contributed by atoms with Gasteiger partial charge < -0.3 is 9.47 Å². The highest BCUT2D eigenvalue weighted by atomic mass is 16.5. The molecule has 6 unspecified atom stereocenters. The lowest BCUT2D eigenvalue weighted by atomic mass is 9.80. The summed E-state index contributed by atoms with van der Waals surface area (Å²) in [5.74, 6) is 9.30. The third-order valence-corrected chi connectivity index (χ3v) is 8.92. The smallest absolute Gasteiger partial charge is 0.0629 e. The minimum Gasteiger partial charge on any atom is -0.381 e. The Morgan fingerprint density at radius 3 is 1.11 bits per heavy atom. The van der Waals surface area contributed by atoms with Gasteiger partial charge in [-0.2, -0.15) is 0 Å². The van der Waals surface area contributed by atoms with Crippen molar-refractivity contribution in [2.75, 3.05) is 19.8 Å². The number of hydrogen-bond acceptors (Lipinski definition) is 2. The van der Waals surface area contributed by atoms with Crippen molar-refractivity contribution in [1.82, 2.24) is 0 Å². The third kappa shape index (κ3) is 11.9. The van der Waals surface area contributed by atoms with Crippen LogP contribution in [0, 0.1) is 65.1 Å². The number of ether oxygens (including phenoxy) is 2. The minimum absolute atomic E-state index is 0. The normalized spacial score (nSPS) is 30.3. The Balaban J connectivity index is 0. The first-order chi connectivity index (χ1) is 15.4. The molecule has 0 aromatic rings. The molecule has 2 nitrogen and oxygen atoms in total. The lowest BCUT2D eigenvalue weighted by Crippen LogP contribution is -2.25. The second kappa shape index (κ2) is 18.2. The van der Waals surface area contributed by atoms with E-state index >= 15 is 0 Å². The van der Waals surface area contributed by atoms with Gasteiger partial charge >= 0.3 is 0 Å². The summed E-state index contributed by atoms with van der Waals surface area (Å²) in [7, 11) is 0. The summed E-state index contributed by atoms with van der Waals surface area (Å²) in [5.41, 5.74) is 0. The van der Waals surface area contributed by atoms with E-state index in [2.05, 4.69) is 83.1 Å². The molecule has 0 amide bonds. The summed E-state index contributed by atoms with van der Waals surface area (Å²) in [4.78, 5) is 0. The molecule has 3 rings (SSSR count). The standard InChI is InChI=1S/C11H22.2C10H20O.2CH4/c1-8(2)10-6-5-7-11(10)9(3)4;1-7(2)9-5-11-6-10(9)8(3)4;1-7(2)9-5-6-11-10(9)8(3)4;;/h8-11H,5-7H2,1-4H3;2*7-10H,5-6H2,1-4H3;2*1H4. The molecule has 0 N–H and O–H groups in total. The zero-order chi connectivity index (χ0) is 25.3. The van der Waals surface area contributed by atoms with Crippen LogP contribution in [0.25, 0.3) is 0 Å². The number of rotatable bonds is 6. The molecule has 0 spiro atoms. The summed E-state index contributed by atoms with van der Waals surface area (Å²) in [5, 5.41) is 0. The van der Waals surface area contributed by atoms with E-state index in [1.54, 1.807) is 0 Å². The first-order valence-corrected chi connectivity index (χ1v) is 14.6. The van der Waals surface area contributed by atoms with E-state index in [9.17, 15) is 0 Å². The van der Waals surface area contributed by atoms with E-state index in [-0.39, 0.29) is 14.9 Å². The molecule has 0 radical (unpaired) electrons. The van der Waals surface area contributed by atoms with Crippen molar-refractivity contribution in [3.63, 3.8) is 0 Å². The zero-order valence-corrected chi connectivity index (χ0v) is 24.7. The van der Waals surface area contributed by atoms with E-state index in [1.165, 1.54) is 25.7 Å². The fraction of sp³-hybridized carbons (Fsp3) is 1.00. The topological polar surface area (TPSA) is 18.5 Å². The monoisotopic (exact) mass is 499 g/mol. The molecule has 0 aromatic carbocycles. The van der Waals surface area contributed by atoms with E-state index < -0.39 is 0 Å². The molecular weight excluding hydrogens is 428 g/mol. The average molecular weight is 499 g/mol. The highest BCUT2D eigenvalue weighted by Gasteiger charge is 2.33. The second-order valence-corrected chi connectivity index (χ2v) is 13.4. The van der Waals surface area contributed by atoms with E-state index in [1.807, 2.05) is 0 Å². The van der Waals surface area contributed by atoms with Crippen LogP contribution in [-0.4, -0.2) is 25.9 Å². The SMILES string of the molecule is C.C.CC(C)C1CCCC1C(C)C.CC(C)C1CCOC1C(C)C.CC(C)C1COCC1C(C)C. The van der Waals surface area contributed by atoms with Gasteiger partial charge in [-0.15, -0.1) is 0 Å². The Labute approximate surface area is 224 Å². The van der Waals surface area contributed by atoms with Crippen LogP contribution < -0.4 is 0 Å². The van der Waals surface area contributed by atoms with E-state index in [0.29, 0.717) is 12.0 Å². The Kier molecular flexibility index (Phi) is 19.3. The van der Waals surface area contributed by atoms with Crippen LogP contribution in [0.2, 0.25) is 0 Å². The largest absolute Gasteiger partial charge is 0.381 e.